The van der Waals surface area contributed by atoms with Crippen LogP contribution in [0.1, 0.15) is 6.42 Å². The van der Waals surface area contributed by atoms with Gasteiger partial charge in [-0.3, -0.25) is 9.36 Å². The van der Waals surface area contributed by atoms with Crippen molar-refractivity contribution < 1.29 is 13.9 Å². The summed E-state index contributed by atoms with van der Waals surface area (Å²) in [6.07, 6.45) is 1.76. The first-order valence-corrected chi connectivity index (χ1v) is 9.35. The van der Waals surface area contributed by atoms with Gasteiger partial charge in [-0.25, -0.2) is 9.78 Å². The van der Waals surface area contributed by atoms with Gasteiger partial charge in [-0.1, -0.05) is 11.6 Å². The van der Waals surface area contributed by atoms with E-state index in [1.165, 1.54) is 4.57 Å². The molecule has 9 heteroatoms. The molecule has 1 aliphatic heterocycles. The molecule has 0 bridgehead atoms. The number of pyridine rings is 1. The van der Waals surface area contributed by atoms with E-state index in [0.29, 0.717) is 35.0 Å². The first-order chi connectivity index (χ1) is 13.6. The van der Waals surface area contributed by atoms with Crippen LogP contribution in [0.3, 0.4) is 0 Å². The van der Waals surface area contributed by atoms with Gasteiger partial charge in [-0.05, 0) is 24.3 Å². The number of nitrogens with one attached hydrogen (secondary N) is 1. The summed E-state index contributed by atoms with van der Waals surface area (Å²) < 4.78 is 11.9. The van der Waals surface area contributed by atoms with Crippen molar-refractivity contribution in [2.75, 3.05) is 36.5 Å². The highest BCUT2D eigenvalue weighted by Crippen LogP contribution is 2.19. The summed E-state index contributed by atoms with van der Waals surface area (Å²) >= 11 is 5.91. The third-order valence-corrected chi connectivity index (χ3v) is 4.79. The Morgan fingerprint density at radius 1 is 1.21 bits per heavy atom. The number of fused-ring (bicyclic) bond motifs is 1. The molecule has 1 aliphatic rings. The maximum absolute atomic E-state index is 12.3. The largest absolute Gasteiger partial charge is 0.419 e. The summed E-state index contributed by atoms with van der Waals surface area (Å²) in [5.74, 6) is 0.133. The van der Waals surface area contributed by atoms with Gasteiger partial charge < -0.3 is 19.4 Å². The number of aryl methyl sites for hydroxylation is 1. The van der Waals surface area contributed by atoms with Crippen molar-refractivity contribution in [3.8, 4) is 0 Å². The Labute approximate surface area is 165 Å². The van der Waals surface area contributed by atoms with Gasteiger partial charge in [0.25, 0.3) is 0 Å². The number of nitrogens with zero attached hydrogens (tertiary/aromatic N) is 3. The van der Waals surface area contributed by atoms with E-state index in [1.807, 2.05) is 12.1 Å². The number of hydrogen-bond acceptors (Lipinski definition) is 6. The lowest BCUT2D eigenvalue weighted by Crippen LogP contribution is -2.36. The van der Waals surface area contributed by atoms with E-state index in [1.54, 1.807) is 24.4 Å². The van der Waals surface area contributed by atoms with Gasteiger partial charge in [0.2, 0.25) is 5.91 Å². The van der Waals surface area contributed by atoms with Gasteiger partial charge in [0.05, 0.1) is 30.6 Å². The summed E-state index contributed by atoms with van der Waals surface area (Å²) in [5, 5.41) is 3.28. The lowest BCUT2D eigenvalue weighted by molar-refractivity contribution is -0.116. The maximum Gasteiger partial charge on any atom is 0.419 e. The van der Waals surface area contributed by atoms with Crippen molar-refractivity contribution in [1.82, 2.24) is 9.55 Å². The van der Waals surface area contributed by atoms with E-state index in [9.17, 15) is 9.59 Å². The van der Waals surface area contributed by atoms with Crippen LogP contribution < -0.4 is 16.0 Å². The molecular weight excluding hydrogens is 384 g/mol. The molecule has 1 aromatic carbocycles. The lowest BCUT2D eigenvalue weighted by Gasteiger charge is -2.27. The van der Waals surface area contributed by atoms with E-state index >= 15 is 0 Å². The zero-order valence-corrected chi connectivity index (χ0v) is 15.8. The number of amides is 1. The van der Waals surface area contributed by atoms with Crippen molar-refractivity contribution in [2.24, 2.45) is 0 Å². The van der Waals surface area contributed by atoms with Gasteiger partial charge in [-0.15, -0.1) is 0 Å². The first-order valence-electron chi connectivity index (χ1n) is 8.98. The van der Waals surface area contributed by atoms with Crippen molar-refractivity contribution in [3.05, 3.63) is 52.1 Å². The van der Waals surface area contributed by atoms with Gasteiger partial charge >= 0.3 is 5.76 Å². The molecule has 1 saturated heterocycles. The second-order valence-corrected chi connectivity index (χ2v) is 6.87. The van der Waals surface area contributed by atoms with Crippen LogP contribution in [-0.4, -0.2) is 41.8 Å². The van der Waals surface area contributed by atoms with Crippen LogP contribution in [0.25, 0.3) is 11.1 Å². The first kappa shape index (κ1) is 18.5. The van der Waals surface area contributed by atoms with E-state index in [-0.39, 0.29) is 18.9 Å². The molecule has 0 aliphatic carbocycles. The molecule has 28 heavy (non-hydrogen) atoms. The zero-order valence-electron chi connectivity index (χ0n) is 15.1. The predicted octanol–water partition coefficient (Wildman–Crippen LogP) is 2.51. The van der Waals surface area contributed by atoms with Gasteiger partial charge in [0.15, 0.2) is 5.58 Å². The van der Waals surface area contributed by atoms with Crippen molar-refractivity contribution >= 4 is 40.1 Å². The fourth-order valence-electron chi connectivity index (χ4n) is 3.13. The normalized spacial score (nSPS) is 14.4. The van der Waals surface area contributed by atoms with Gasteiger partial charge in [0, 0.05) is 37.1 Å². The monoisotopic (exact) mass is 402 g/mol. The van der Waals surface area contributed by atoms with E-state index < -0.39 is 5.76 Å². The van der Waals surface area contributed by atoms with E-state index in [2.05, 4.69) is 15.2 Å². The molecule has 4 rings (SSSR count). The van der Waals surface area contributed by atoms with Crippen LogP contribution in [0, 0.1) is 0 Å². The maximum atomic E-state index is 12.3. The highest BCUT2D eigenvalue weighted by molar-refractivity contribution is 6.31. The molecule has 0 spiro atoms. The van der Waals surface area contributed by atoms with E-state index in [0.717, 1.165) is 18.9 Å². The summed E-state index contributed by atoms with van der Waals surface area (Å²) in [7, 11) is 0. The smallest absolute Gasteiger partial charge is 0.408 e. The quantitative estimate of drug-likeness (QED) is 0.705. The van der Waals surface area contributed by atoms with Crippen LogP contribution >= 0.6 is 11.6 Å². The summed E-state index contributed by atoms with van der Waals surface area (Å²) in [6.45, 7) is 3.19. The Balaban J connectivity index is 1.37. The number of anilines is 2. The molecule has 1 N–H and O–H groups in total. The van der Waals surface area contributed by atoms with Crippen LogP contribution in [0.4, 0.5) is 11.5 Å². The molecule has 1 amide bonds. The molecule has 2 aromatic heterocycles. The number of morpholine rings is 1. The highest BCUT2D eigenvalue weighted by Gasteiger charge is 2.14. The Kier molecular flexibility index (Phi) is 5.31. The number of ether oxygens (including phenoxy) is 1. The van der Waals surface area contributed by atoms with Crippen molar-refractivity contribution in [2.45, 2.75) is 13.0 Å². The van der Waals surface area contributed by atoms with Crippen molar-refractivity contribution in [3.63, 3.8) is 0 Å². The number of hydrogen-bond donors (Lipinski definition) is 1. The summed E-state index contributed by atoms with van der Waals surface area (Å²) in [5.41, 5.74) is 1.62. The van der Waals surface area contributed by atoms with Crippen LogP contribution in [0.2, 0.25) is 5.02 Å². The third-order valence-electron chi connectivity index (χ3n) is 4.56. The van der Waals surface area contributed by atoms with Crippen LogP contribution in [0.15, 0.2) is 45.7 Å². The third kappa shape index (κ3) is 4.02. The number of aromatic nitrogens is 2. The minimum Gasteiger partial charge on any atom is -0.408 e. The SMILES string of the molecule is O=C(CCn1c(=O)oc2cc(Cl)ccc21)Nc1ccc(N2CCOCC2)nc1. The molecular formula is C19H19ClN4O4. The Morgan fingerprint density at radius 3 is 2.79 bits per heavy atom. The summed E-state index contributed by atoms with van der Waals surface area (Å²) in [4.78, 5) is 30.8. The fraction of sp³-hybridized carbons (Fsp3) is 0.316. The fourth-order valence-corrected chi connectivity index (χ4v) is 3.29. The van der Waals surface area contributed by atoms with Crippen molar-refractivity contribution in [1.29, 1.82) is 0 Å². The van der Waals surface area contributed by atoms with Gasteiger partial charge in [-0.2, -0.15) is 0 Å². The molecule has 1 fully saturated rings. The minimum atomic E-state index is -0.512. The number of halogens is 1. The lowest BCUT2D eigenvalue weighted by atomic mass is 10.3. The standard InChI is InChI=1S/C19H19ClN4O4/c20-13-1-3-15-16(11-13)28-19(26)24(15)6-5-18(25)22-14-2-4-17(21-12-14)23-7-9-27-10-8-23/h1-4,11-12H,5-10H2,(H,22,25). The molecule has 0 radical (unpaired) electrons. The number of oxazole rings is 1. The van der Waals surface area contributed by atoms with Gasteiger partial charge in [0.1, 0.15) is 5.82 Å². The molecule has 146 valence electrons. The number of rotatable bonds is 5. The Bertz CT molecular complexity index is 1040. The molecule has 0 saturated carbocycles. The molecule has 0 unspecified atom stereocenters. The topological polar surface area (TPSA) is 89.6 Å². The molecule has 8 nitrogen and oxygen atoms in total. The Morgan fingerprint density at radius 2 is 2.04 bits per heavy atom. The minimum absolute atomic E-state index is 0.127. The Hall–Kier alpha value is -2.84. The highest BCUT2D eigenvalue weighted by atomic mass is 35.5. The number of benzene rings is 1. The number of carbonyl (C=O) groups is 1. The predicted molar refractivity (Wildman–Crippen MR) is 106 cm³/mol. The second-order valence-electron chi connectivity index (χ2n) is 6.43. The average molecular weight is 403 g/mol. The molecule has 3 aromatic rings. The summed E-state index contributed by atoms with van der Waals surface area (Å²) in [6, 6.07) is 8.65. The average Bonchev–Trinajstić information content (AvgIpc) is 3.01. The molecule has 3 heterocycles. The van der Waals surface area contributed by atoms with Crippen LogP contribution in [0.5, 0.6) is 0 Å². The van der Waals surface area contributed by atoms with Crippen LogP contribution in [-0.2, 0) is 16.1 Å². The number of carbonyl (C=O) groups excluding carboxylic acids is 1. The zero-order chi connectivity index (χ0) is 19.5. The second kappa shape index (κ2) is 8.04. The molecule has 0 atom stereocenters. The van der Waals surface area contributed by atoms with E-state index in [4.69, 9.17) is 20.8 Å².